The van der Waals surface area contributed by atoms with Crippen molar-refractivity contribution in [2.75, 3.05) is 25.0 Å². The molecule has 1 aromatic heterocycles. The third-order valence-electron chi connectivity index (χ3n) is 4.04. The second kappa shape index (κ2) is 7.44. The van der Waals surface area contributed by atoms with E-state index in [9.17, 15) is 4.79 Å². The van der Waals surface area contributed by atoms with Crippen LogP contribution in [0.15, 0.2) is 28.7 Å². The topological polar surface area (TPSA) is 80.5 Å². The molecule has 1 unspecified atom stereocenters. The Kier molecular flexibility index (Phi) is 5.10. The predicted octanol–water partition coefficient (Wildman–Crippen LogP) is 3.08. The SMILES string of the molecule is CCN(CC1CCCO1)C(=O)Nc1ccccc1-c1nnc(C)o1. The number of urea groups is 1. The van der Waals surface area contributed by atoms with Gasteiger partial charge in [-0.1, -0.05) is 12.1 Å². The first kappa shape index (κ1) is 16.4. The molecule has 0 spiro atoms. The van der Waals surface area contributed by atoms with Crippen LogP contribution in [0.1, 0.15) is 25.7 Å². The van der Waals surface area contributed by atoms with Crippen LogP contribution in [0, 0.1) is 6.92 Å². The number of rotatable bonds is 5. The van der Waals surface area contributed by atoms with Gasteiger partial charge in [0.1, 0.15) is 0 Å². The number of hydrogen-bond acceptors (Lipinski definition) is 5. The molecule has 1 atom stereocenters. The number of benzene rings is 1. The molecule has 2 amide bonds. The average Bonchev–Trinajstić information content (AvgIpc) is 3.24. The lowest BCUT2D eigenvalue weighted by Gasteiger charge is -2.24. The number of nitrogens with one attached hydrogen (secondary N) is 1. The van der Waals surface area contributed by atoms with Gasteiger partial charge in [0.2, 0.25) is 11.8 Å². The van der Waals surface area contributed by atoms with E-state index in [-0.39, 0.29) is 12.1 Å². The number of nitrogens with zero attached hydrogens (tertiary/aromatic N) is 3. The van der Waals surface area contributed by atoms with Gasteiger partial charge in [0.05, 0.1) is 17.4 Å². The highest BCUT2D eigenvalue weighted by atomic mass is 16.5. The molecule has 1 aromatic carbocycles. The quantitative estimate of drug-likeness (QED) is 0.911. The van der Waals surface area contributed by atoms with Crippen molar-refractivity contribution in [3.05, 3.63) is 30.2 Å². The summed E-state index contributed by atoms with van der Waals surface area (Å²) in [5.41, 5.74) is 1.36. The summed E-state index contributed by atoms with van der Waals surface area (Å²) in [6.45, 7) is 5.70. The van der Waals surface area contributed by atoms with Gasteiger partial charge in [-0.25, -0.2) is 4.79 Å². The van der Waals surface area contributed by atoms with Gasteiger partial charge in [-0.15, -0.1) is 10.2 Å². The van der Waals surface area contributed by atoms with Gasteiger partial charge in [-0.3, -0.25) is 0 Å². The summed E-state index contributed by atoms with van der Waals surface area (Å²) in [4.78, 5) is 14.4. The van der Waals surface area contributed by atoms with Crippen molar-refractivity contribution in [1.82, 2.24) is 15.1 Å². The van der Waals surface area contributed by atoms with E-state index in [1.807, 2.05) is 31.2 Å². The summed E-state index contributed by atoms with van der Waals surface area (Å²) < 4.78 is 11.1. The molecule has 7 heteroatoms. The van der Waals surface area contributed by atoms with Crippen LogP contribution in [0.2, 0.25) is 0 Å². The summed E-state index contributed by atoms with van der Waals surface area (Å²) in [6.07, 6.45) is 2.19. The Bertz CT molecular complexity index is 695. The lowest BCUT2D eigenvalue weighted by molar-refractivity contribution is 0.0849. The van der Waals surface area contributed by atoms with Crippen LogP contribution in [0.4, 0.5) is 10.5 Å². The van der Waals surface area contributed by atoms with E-state index in [1.54, 1.807) is 11.8 Å². The fraction of sp³-hybridized carbons (Fsp3) is 0.471. The predicted molar refractivity (Wildman–Crippen MR) is 89.7 cm³/mol. The van der Waals surface area contributed by atoms with Crippen molar-refractivity contribution in [2.24, 2.45) is 0 Å². The lowest BCUT2D eigenvalue weighted by Crippen LogP contribution is -2.40. The highest BCUT2D eigenvalue weighted by molar-refractivity contribution is 5.93. The van der Waals surface area contributed by atoms with Gasteiger partial charge in [-0.05, 0) is 31.9 Å². The molecule has 2 aromatic rings. The van der Waals surface area contributed by atoms with Gasteiger partial charge in [-0.2, -0.15) is 0 Å². The van der Waals surface area contributed by atoms with Crippen LogP contribution in [0.25, 0.3) is 11.5 Å². The van der Waals surface area contributed by atoms with E-state index in [0.29, 0.717) is 36.1 Å². The normalized spacial score (nSPS) is 17.0. The molecule has 128 valence electrons. The van der Waals surface area contributed by atoms with E-state index in [4.69, 9.17) is 9.15 Å². The number of ether oxygens (including phenoxy) is 1. The standard InChI is InChI=1S/C17H22N4O3/c1-3-21(11-13-7-6-10-23-13)17(22)18-15-9-5-4-8-14(15)16-20-19-12(2)24-16/h4-5,8-9,13H,3,6-7,10-11H2,1-2H3,(H,18,22). The molecule has 24 heavy (non-hydrogen) atoms. The summed E-state index contributed by atoms with van der Waals surface area (Å²) in [7, 11) is 0. The summed E-state index contributed by atoms with van der Waals surface area (Å²) >= 11 is 0. The molecule has 1 fully saturated rings. The molecular formula is C17H22N4O3. The zero-order valence-corrected chi connectivity index (χ0v) is 14.0. The molecule has 0 aliphatic carbocycles. The zero-order valence-electron chi connectivity index (χ0n) is 14.0. The first-order chi connectivity index (χ1) is 11.7. The van der Waals surface area contributed by atoms with E-state index in [1.165, 1.54) is 0 Å². The Balaban J connectivity index is 1.73. The number of aryl methyl sites for hydroxylation is 1. The first-order valence-corrected chi connectivity index (χ1v) is 8.24. The largest absolute Gasteiger partial charge is 0.421 e. The van der Waals surface area contributed by atoms with E-state index < -0.39 is 0 Å². The van der Waals surface area contributed by atoms with Crippen LogP contribution in [-0.4, -0.2) is 46.9 Å². The Morgan fingerprint density at radius 1 is 1.38 bits per heavy atom. The first-order valence-electron chi connectivity index (χ1n) is 8.24. The number of carbonyl (C=O) groups excluding carboxylic acids is 1. The monoisotopic (exact) mass is 330 g/mol. The average molecular weight is 330 g/mol. The smallest absolute Gasteiger partial charge is 0.321 e. The fourth-order valence-corrected chi connectivity index (χ4v) is 2.77. The number of aromatic nitrogens is 2. The van der Waals surface area contributed by atoms with Crippen molar-refractivity contribution in [3.63, 3.8) is 0 Å². The number of para-hydroxylation sites is 1. The molecule has 7 nitrogen and oxygen atoms in total. The molecule has 1 saturated heterocycles. The van der Waals surface area contributed by atoms with Crippen molar-refractivity contribution in [1.29, 1.82) is 0 Å². The van der Waals surface area contributed by atoms with Gasteiger partial charge in [0.15, 0.2) is 0 Å². The molecule has 1 N–H and O–H groups in total. The Morgan fingerprint density at radius 2 is 2.21 bits per heavy atom. The van der Waals surface area contributed by atoms with Gasteiger partial charge >= 0.3 is 6.03 Å². The van der Waals surface area contributed by atoms with Crippen LogP contribution < -0.4 is 5.32 Å². The molecule has 0 radical (unpaired) electrons. The van der Waals surface area contributed by atoms with E-state index >= 15 is 0 Å². The minimum absolute atomic E-state index is 0.129. The number of hydrogen-bond donors (Lipinski definition) is 1. The van der Waals surface area contributed by atoms with Crippen molar-refractivity contribution < 1.29 is 13.9 Å². The van der Waals surface area contributed by atoms with Crippen LogP contribution in [0.3, 0.4) is 0 Å². The highest BCUT2D eigenvalue weighted by Gasteiger charge is 2.22. The summed E-state index contributed by atoms with van der Waals surface area (Å²) in [5.74, 6) is 0.880. The maximum absolute atomic E-state index is 12.6. The highest BCUT2D eigenvalue weighted by Crippen LogP contribution is 2.27. The van der Waals surface area contributed by atoms with Crippen LogP contribution in [-0.2, 0) is 4.74 Å². The number of likely N-dealkylation sites (N-methyl/N-ethyl adjacent to an activating group) is 1. The molecular weight excluding hydrogens is 308 g/mol. The summed E-state index contributed by atoms with van der Waals surface area (Å²) in [6, 6.07) is 7.25. The number of anilines is 1. The maximum Gasteiger partial charge on any atom is 0.321 e. The number of amides is 2. The molecule has 0 saturated carbocycles. The van der Waals surface area contributed by atoms with E-state index in [0.717, 1.165) is 19.4 Å². The van der Waals surface area contributed by atoms with Gasteiger partial charge in [0, 0.05) is 26.6 Å². The summed E-state index contributed by atoms with van der Waals surface area (Å²) in [5, 5.41) is 10.8. The lowest BCUT2D eigenvalue weighted by atomic mass is 10.2. The molecule has 1 aliphatic rings. The number of carbonyl (C=O) groups is 1. The Morgan fingerprint density at radius 3 is 2.88 bits per heavy atom. The van der Waals surface area contributed by atoms with E-state index in [2.05, 4.69) is 15.5 Å². The maximum atomic E-state index is 12.6. The molecule has 2 heterocycles. The van der Waals surface area contributed by atoms with Crippen molar-refractivity contribution in [3.8, 4) is 11.5 Å². The van der Waals surface area contributed by atoms with Crippen LogP contribution >= 0.6 is 0 Å². The Hall–Kier alpha value is -2.41. The van der Waals surface area contributed by atoms with Crippen molar-refractivity contribution >= 4 is 11.7 Å². The molecule has 3 rings (SSSR count). The van der Waals surface area contributed by atoms with Gasteiger partial charge < -0.3 is 19.4 Å². The van der Waals surface area contributed by atoms with Crippen molar-refractivity contribution in [2.45, 2.75) is 32.8 Å². The minimum atomic E-state index is -0.156. The molecule has 1 aliphatic heterocycles. The molecule has 0 bridgehead atoms. The fourth-order valence-electron chi connectivity index (χ4n) is 2.77. The van der Waals surface area contributed by atoms with Gasteiger partial charge in [0.25, 0.3) is 0 Å². The minimum Gasteiger partial charge on any atom is -0.421 e. The second-order valence-corrected chi connectivity index (χ2v) is 5.78. The second-order valence-electron chi connectivity index (χ2n) is 5.78. The third kappa shape index (κ3) is 3.73. The zero-order chi connectivity index (χ0) is 16.9. The third-order valence-corrected chi connectivity index (χ3v) is 4.04. The van der Waals surface area contributed by atoms with Crippen LogP contribution in [0.5, 0.6) is 0 Å². The Labute approximate surface area is 141 Å².